The monoisotopic (exact) mass is 299 g/mol. The molecule has 1 heterocycles. The first-order chi connectivity index (χ1) is 9.20. The van der Waals surface area contributed by atoms with Gasteiger partial charge in [0.2, 0.25) is 0 Å². The summed E-state index contributed by atoms with van der Waals surface area (Å²) < 4.78 is 5.23. The van der Waals surface area contributed by atoms with Gasteiger partial charge in [0.15, 0.2) is 6.61 Å². The van der Waals surface area contributed by atoms with Crippen LogP contribution in [0.2, 0.25) is 0 Å². The molecule has 0 unspecified atom stereocenters. The van der Waals surface area contributed by atoms with Crippen LogP contribution in [0.15, 0.2) is 18.2 Å². The van der Waals surface area contributed by atoms with Crippen molar-refractivity contribution in [1.82, 2.24) is 10.6 Å². The van der Waals surface area contributed by atoms with Crippen LogP contribution in [0.3, 0.4) is 0 Å². The molecule has 1 aromatic rings. The Balaban J connectivity index is 0.00000200. The largest absolute Gasteiger partial charge is 0.482 e. The Morgan fingerprint density at radius 3 is 2.95 bits per heavy atom. The van der Waals surface area contributed by atoms with Crippen LogP contribution in [0.1, 0.15) is 16.8 Å². The molecule has 110 valence electrons. The van der Waals surface area contributed by atoms with Gasteiger partial charge in [-0.1, -0.05) is 0 Å². The highest BCUT2D eigenvalue weighted by Gasteiger charge is 2.17. The van der Waals surface area contributed by atoms with Crippen molar-refractivity contribution >= 4 is 29.9 Å². The number of fused-ring (bicyclic) bond motifs is 1. The quantitative estimate of drug-likeness (QED) is 0.702. The van der Waals surface area contributed by atoms with E-state index in [-0.39, 0.29) is 30.8 Å². The van der Waals surface area contributed by atoms with Crippen molar-refractivity contribution in [1.29, 1.82) is 0 Å². The van der Waals surface area contributed by atoms with Crippen LogP contribution in [-0.2, 0) is 4.79 Å². The number of amides is 2. The predicted octanol–water partition coefficient (Wildman–Crippen LogP) is 0.779. The number of hydrogen-bond donors (Lipinski definition) is 3. The highest BCUT2D eigenvalue weighted by molar-refractivity contribution is 5.99. The van der Waals surface area contributed by atoms with Crippen molar-refractivity contribution in [3.63, 3.8) is 0 Å². The Morgan fingerprint density at radius 2 is 2.20 bits per heavy atom. The van der Waals surface area contributed by atoms with Gasteiger partial charge in [0.25, 0.3) is 11.8 Å². The van der Waals surface area contributed by atoms with Gasteiger partial charge in [-0.3, -0.25) is 9.59 Å². The molecule has 6 nitrogen and oxygen atoms in total. The molecule has 1 aliphatic rings. The molecule has 7 heteroatoms. The zero-order chi connectivity index (χ0) is 13.7. The zero-order valence-corrected chi connectivity index (χ0v) is 12.0. The number of carbonyl (C=O) groups is 2. The summed E-state index contributed by atoms with van der Waals surface area (Å²) in [6.45, 7) is 1.48. The molecule has 0 spiro atoms. The van der Waals surface area contributed by atoms with Crippen LogP contribution in [0.5, 0.6) is 5.75 Å². The topological polar surface area (TPSA) is 79.5 Å². The van der Waals surface area contributed by atoms with Crippen molar-refractivity contribution in [2.75, 3.05) is 32.1 Å². The summed E-state index contributed by atoms with van der Waals surface area (Å²) in [5.74, 6) is 0.226. The van der Waals surface area contributed by atoms with Crippen molar-refractivity contribution < 1.29 is 14.3 Å². The number of hydrogen-bond acceptors (Lipinski definition) is 4. The predicted molar refractivity (Wildman–Crippen MR) is 78.7 cm³/mol. The lowest BCUT2D eigenvalue weighted by atomic mass is 10.1. The van der Waals surface area contributed by atoms with Gasteiger partial charge >= 0.3 is 0 Å². The lowest BCUT2D eigenvalue weighted by Gasteiger charge is -2.18. The van der Waals surface area contributed by atoms with Crippen LogP contribution in [0.4, 0.5) is 5.69 Å². The van der Waals surface area contributed by atoms with Crippen LogP contribution in [-0.4, -0.2) is 38.6 Å². The summed E-state index contributed by atoms with van der Waals surface area (Å²) in [4.78, 5) is 23.1. The number of halogens is 1. The first kappa shape index (κ1) is 16.3. The third-order valence-electron chi connectivity index (χ3n) is 2.76. The minimum atomic E-state index is -0.209. The summed E-state index contributed by atoms with van der Waals surface area (Å²) in [5, 5.41) is 8.51. The first-order valence-corrected chi connectivity index (χ1v) is 6.20. The highest BCUT2D eigenvalue weighted by Crippen LogP contribution is 2.28. The Morgan fingerprint density at radius 1 is 1.40 bits per heavy atom. The number of carbonyl (C=O) groups excluding carboxylic acids is 2. The number of rotatable bonds is 5. The lowest BCUT2D eigenvalue weighted by Crippen LogP contribution is -2.28. The van der Waals surface area contributed by atoms with Gasteiger partial charge < -0.3 is 20.7 Å². The third kappa shape index (κ3) is 4.11. The zero-order valence-electron chi connectivity index (χ0n) is 11.2. The van der Waals surface area contributed by atoms with Gasteiger partial charge in [-0.2, -0.15) is 0 Å². The molecule has 0 bridgehead atoms. The normalized spacial score (nSPS) is 12.6. The van der Waals surface area contributed by atoms with Crippen molar-refractivity contribution in [3.05, 3.63) is 23.8 Å². The molecule has 0 atom stereocenters. The standard InChI is InChI=1S/C13H17N3O3.ClH/c1-14-5-2-6-15-13(18)9-3-4-11-10(7-9)16-12(17)8-19-11;/h3-4,7,14H,2,5-6,8H2,1H3,(H,15,18)(H,16,17);1H. The minimum absolute atomic E-state index is 0. The van der Waals surface area contributed by atoms with E-state index in [0.29, 0.717) is 23.5 Å². The molecule has 1 aromatic carbocycles. The molecule has 0 aromatic heterocycles. The van der Waals surface area contributed by atoms with E-state index < -0.39 is 0 Å². The fraction of sp³-hybridized carbons (Fsp3) is 0.385. The maximum absolute atomic E-state index is 11.9. The Hall–Kier alpha value is -1.79. The van der Waals surface area contributed by atoms with Crippen LogP contribution < -0.4 is 20.7 Å². The molecule has 2 rings (SSSR count). The number of anilines is 1. The highest BCUT2D eigenvalue weighted by atomic mass is 35.5. The van der Waals surface area contributed by atoms with Gasteiger partial charge in [-0.05, 0) is 38.2 Å². The molecular weight excluding hydrogens is 282 g/mol. The van der Waals surface area contributed by atoms with E-state index in [1.165, 1.54) is 0 Å². The van der Waals surface area contributed by atoms with E-state index in [2.05, 4.69) is 16.0 Å². The molecule has 0 radical (unpaired) electrons. The second-order valence-corrected chi connectivity index (χ2v) is 4.26. The van der Waals surface area contributed by atoms with Crippen molar-refractivity contribution in [2.45, 2.75) is 6.42 Å². The summed E-state index contributed by atoms with van der Waals surface area (Å²) in [6.07, 6.45) is 0.868. The van der Waals surface area contributed by atoms with Crippen LogP contribution in [0.25, 0.3) is 0 Å². The van der Waals surface area contributed by atoms with Crippen molar-refractivity contribution in [3.8, 4) is 5.75 Å². The van der Waals surface area contributed by atoms with Gasteiger partial charge in [0.1, 0.15) is 5.75 Å². The molecule has 2 amide bonds. The number of benzene rings is 1. The minimum Gasteiger partial charge on any atom is -0.482 e. The lowest BCUT2D eigenvalue weighted by molar-refractivity contribution is -0.118. The summed E-state index contributed by atoms with van der Waals surface area (Å²) in [5.41, 5.74) is 1.05. The maximum atomic E-state index is 11.9. The Bertz CT molecular complexity index is 494. The summed E-state index contributed by atoms with van der Waals surface area (Å²) in [6, 6.07) is 5.00. The van der Waals surface area contributed by atoms with E-state index in [1.807, 2.05) is 7.05 Å². The second-order valence-electron chi connectivity index (χ2n) is 4.26. The molecule has 0 saturated heterocycles. The number of nitrogens with one attached hydrogen (secondary N) is 3. The molecule has 1 aliphatic heterocycles. The second kappa shape index (κ2) is 7.72. The molecule has 0 saturated carbocycles. The maximum Gasteiger partial charge on any atom is 0.262 e. The average molecular weight is 300 g/mol. The smallest absolute Gasteiger partial charge is 0.262 e. The van der Waals surface area contributed by atoms with Gasteiger partial charge in [-0.15, -0.1) is 12.4 Å². The number of ether oxygens (including phenoxy) is 1. The van der Waals surface area contributed by atoms with Gasteiger partial charge in [0.05, 0.1) is 5.69 Å². The third-order valence-corrected chi connectivity index (χ3v) is 2.76. The Labute approximate surface area is 123 Å². The van der Waals surface area contributed by atoms with Gasteiger partial charge in [-0.25, -0.2) is 0 Å². The van der Waals surface area contributed by atoms with E-state index in [0.717, 1.165) is 13.0 Å². The molecule has 0 aliphatic carbocycles. The Kier molecular flexibility index (Phi) is 6.27. The average Bonchev–Trinajstić information content (AvgIpc) is 2.42. The van der Waals surface area contributed by atoms with E-state index in [9.17, 15) is 9.59 Å². The first-order valence-electron chi connectivity index (χ1n) is 6.20. The fourth-order valence-corrected chi connectivity index (χ4v) is 1.79. The summed E-state index contributed by atoms with van der Waals surface area (Å²) in [7, 11) is 1.87. The fourth-order valence-electron chi connectivity index (χ4n) is 1.79. The van der Waals surface area contributed by atoms with Crippen LogP contribution in [0, 0.1) is 0 Å². The van der Waals surface area contributed by atoms with Gasteiger partial charge in [0, 0.05) is 12.1 Å². The molecule has 20 heavy (non-hydrogen) atoms. The molecule has 0 fully saturated rings. The molecule has 3 N–H and O–H groups in total. The van der Waals surface area contributed by atoms with Crippen LogP contribution >= 0.6 is 12.4 Å². The van der Waals surface area contributed by atoms with E-state index in [1.54, 1.807) is 18.2 Å². The summed E-state index contributed by atoms with van der Waals surface area (Å²) >= 11 is 0. The SMILES string of the molecule is CNCCCNC(=O)c1ccc2c(c1)NC(=O)CO2.Cl. The van der Waals surface area contributed by atoms with Crippen molar-refractivity contribution in [2.24, 2.45) is 0 Å². The van der Waals surface area contributed by atoms with E-state index in [4.69, 9.17) is 4.74 Å². The van der Waals surface area contributed by atoms with E-state index >= 15 is 0 Å². The molecular formula is C13H18ClN3O3.